The average molecular weight is 379 g/mol. The van der Waals surface area contributed by atoms with Gasteiger partial charge < -0.3 is 0 Å². The van der Waals surface area contributed by atoms with Crippen molar-refractivity contribution in [2.45, 2.75) is 19.0 Å². The Kier molecular flexibility index (Phi) is 4.49. The number of aromatic nitrogens is 4. The Labute approximate surface area is 159 Å². The first-order valence-corrected chi connectivity index (χ1v) is 9.54. The highest BCUT2D eigenvalue weighted by molar-refractivity contribution is 7.99. The molecule has 0 unspecified atom stereocenters. The van der Waals surface area contributed by atoms with Gasteiger partial charge in [-0.15, -0.1) is 5.10 Å². The lowest BCUT2D eigenvalue weighted by molar-refractivity contribution is -0.384. The zero-order chi connectivity index (χ0) is 19.0. The molecule has 27 heavy (non-hydrogen) atoms. The van der Waals surface area contributed by atoms with Gasteiger partial charge in [0.05, 0.1) is 10.4 Å². The lowest BCUT2D eigenvalue weighted by atomic mass is 10.2. The van der Waals surface area contributed by atoms with Gasteiger partial charge in [0, 0.05) is 28.8 Å². The SMILES string of the molecule is CC(C)CSc1nc2ccccc2c2nc(-c3ccc([N+](=O)[O-])cc3)nn12. The number of nitro benzene ring substituents is 1. The van der Waals surface area contributed by atoms with E-state index in [2.05, 4.69) is 18.9 Å². The van der Waals surface area contributed by atoms with Crippen molar-refractivity contribution in [3.05, 3.63) is 58.6 Å². The fourth-order valence-corrected chi connectivity index (χ4v) is 3.61. The first-order valence-electron chi connectivity index (χ1n) is 8.56. The number of non-ortho nitro benzene ring substituents is 1. The van der Waals surface area contributed by atoms with Crippen LogP contribution in [-0.2, 0) is 0 Å². The van der Waals surface area contributed by atoms with Gasteiger partial charge in [-0.2, -0.15) is 4.52 Å². The van der Waals surface area contributed by atoms with Gasteiger partial charge >= 0.3 is 0 Å². The Morgan fingerprint density at radius 3 is 2.56 bits per heavy atom. The fourth-order valence-electron chi connectivity index (χ4n) is 2.72. The zero-order valence-corrected chi connectivity index (χ0v) is 15.7. The Bertz CT molecular complexity index is 1140. The molecule has 0 spiro atoms. The number of nitro groups is 1. The highest BCUT2D eigenvalue weighted by atomic mass is 32.2. The van der Waals surface area contributed by atoms with Crippen molar-refractivity contribution < 1.29 is 4.92 Å². The molecule has 0 saturated carbocycles. The molecule has 0 atom stereocenters. The number of hydrogen-bond donors (Lipinski definition) is 0. The molecule has 0 aliphatic carbocycles. The molecule has 0 fully saturated rings. The summed E-state index contributed by atoms with van der Waals surface area (Å²) >= 11 is 1.65. The maximum atomic E-state index is 10.9. The second kappa shape index (κ2) is 6.96. The predicted molar refractivity (Wildman–Crippen MR) is 106 cm³/mol. The van der Waals surface area contributed by atoms with Crippen LogP contribution in [0.5, 0.6) is 0 Å². The second-order valence-electron chi connectivity index (χ2n) is 6.59. The van der Waals surface area contributed by atoms with Crippen molar-refractivity contribution in [3.63, 3.8) is 0 Å². The fraction of sp³-hybridized carbons (Fsp3) is 0.211. The van der Waals surface area contributed by atoms with Crippen LogP contribution < -0.4 is 0 Å². The molecule has 4 rings (SSSR count). The quantitative estimate of drug-likeness (QED) is 0.218. The van der Waals surface area contributed by atoms with E-state index in [0.717, 1.165) is 33.0 Å². The van der Waals surface area contributed by atoms with E-state index in [4.69, 9.17) is 9.97 Å². The number of hydrogen-bond acceptors (Lipinski definition) is 6. The summed E-state index contributed by atoms with van der Waals surface area (Å²) in [5.41, 5.74) is 2.38. The van der Waals surface area contributed by atoms with Gasteiger partial charge in [-0.25, -0.2) is 9.97 Å². The molecule has 7 nitrogen and oxygen atoms in total. The van der Waals surface area contributed by atoms with Gasteiger partial charge in [0.25, 0.3) is 5.69 Å². The van der Waals surface area contributed by atoms with Crippen LogP contribution in [0.2, 0.25) is 0 Å². The number of para-hydroxylation sites is 1. The van der Waals surface area contributed by atoms with Crippen molar-refractivity contribution in [1.82, 2.24) is 19.6 Å². The van der Waals surface area contributed by atoms with Crippen molar-refractivity contribution in [3.8, 4) is 11.4 Å². The lowest BCUT2D eigenvalue weighted by Crippen LogP contribution is -2.00. The predicted octanol–water partition coefficient (Wildman–Crippen LogP) is 4.60. The molecule has 2 heterocycles. The van der Waals surface area contributed by atoms with Gasteiger partial charge in [-0.1, -0.05) is 37.7 Å². The van der Waals surface area contributed by atoms with Crippen LogP contribution in [-0.4, -0.2) is 30.3 Å². The maximum Gasteiger partial charge on any atom is 0.269 e. The molecule has 0 aliphatic heterocycles. The molecule has 0 N–H and O–H groups in total. The molecule has 0 aliphatic rings. The summed E-state index contributed by atoms with van der Waals surface area (Å²) in [5.74, 6) is 1.97. The largest absolute Gasteiger partial charge is 0.269 e. The smallest absolute Gasteiger partial charge is 0.258 e. The first-order chi connectivity index (χ1) is 13.0. The van der Waals surface area contributed by atoms with E-state index < -0.39 is 4.92 Å². The molecule has 136 valence electrons. The van der Waals surface area contributed by atoms with E-state index in [0.29, 0.717) is 11.7 Å². The van der Waals surface area contributed by atoms with E-state index in [1.54, 1.807) is 28.4 Å². The lowest BCUT2D eigenvalue weighted by Gasteiger charge is -2.07. The molecule has 8 heteroatoms. The van der Waals surface area contributed by atoms with Gasteiger partial charge in [-0.3, -0.25) is 10.1 Å². The van der Waals surface area contributed by atoms with Crippen LogP contribution >= 0.6 is 11.8 Å². The van der Waals surface area contributed by atoms with Crippen LogP contribution in [0.4, 0.5) is 5.69 Å². The number of thioether (sulfide) groups is 1. The molecule has 0 radical (unpaired) electrons. The summed E-state index contributed by atoms with van der Waals surface area (Å²) in [6, 6.07) is 14.1. The minimum absolute atomic E-state index is 0.0443. The Morgan fingerprint density at radius 2 is 1.85 bits per heavy atom. The molecule has 0 amide bonds. The van der Waals surface area contributed by atoms with E-state index in [1.807, 2.05) is 24.3 Å². The standard InChI is InChI=1S/C19H17N5O2S/c1-12(2)11-27-19-20-16-6-4-3-5-15(16)18-21-17(22-23(18)19)13-7-9-14(10-8-13)24(25)26/h3-10,12H,11H2,1-2H3. The molecule has 2 aromatic carbocycles. The number of rotatable bonds is 5. The molecule has 0 saturated heterocycles. The molecule has 4 aromatic rings. The zero-order valence-electron chi connectivity index (χ0n) is 14.9. The molecule has 2 aromatic heterocycles. The van der Waals surface area contributed by atoms with Crippen LogP contribution in [0, 0.1) is 16.0 Å². The van der Waals surface area contributed by atoms with E-state index in [9.17, 15) is 10.1 Å². The van der Waals surface area contributed by atoms with Crippen molar-refractivity contribution >= 4 is 34.0 Å². The summed E-state index contributed by atoms with van der Waals surface area (Å²) in [6.45, 7) is 4.32. The van der Waals surface area contributed by atoms with Crippen LogP contribution in [0.15, 0.2) is 53.7 Å². The Hall–Kier alpha value is -3.00. The third-order valence-electron chi connectivity index (χ3n) is 4.03. The normalized spacial score (nSPS) is 11.5. The van der Waals surface area contributed by atoms with Gasteiger partial charge in [-0.05, 0) is 30.2 Å². The highest BCUT2D eigenvalue weighted by Crippen LogP contribution is 2.27. The van der Waals surface area contributed by atoms with Crippen LogP contribution in [0.1, 0.15) is 13.8 Å². The summed E-state index contributed by atoms with van der Waals surface area (Å²) in [5, 5.41) is 17.2. The van der Waals surface area contributed by atoms with Crippen LogP contribution in [0.25, 0.3) is 27.9 Å². The van der Waals surface area contributed by atoms with Gasteiger partial charge in [0.15, 0.2) is 16.6 Å². The third kappa shape index (κ3) is 3.35. The average Bonchev–Trinajstić information content (AvgIpc) is 3.12. The highest BCUT2D eigenvalue weighted by Gasteiger charge is 2.16. The summed E-state index contributed by atoms with van der Waals surface area (Å²) in [6.07, 6.45) is 0. The summed E-state index contributed by atoms with van der Waals surface area (Å²) < 4.78 is 1.77. The molecular weight excluding hydrogens is 362 g/mol. The number of fused-ring (bicyclic) bond motifs is 3. The Balaban J connectivity index is 1.87. The molecule has 0 bridgehead atoms. The second-order valence-corrected chi connectivity index (χ2v) is 7.58. The monoisotopic (exact) mass is 379 g/mol. The van der Waals surface area contributed by atoms with Crippen LogP contribution in [0.3, 0.4) is 0 Å². The summed E-state index contributed by atoms with van der Waals surface area (Å²) in [4.78, 5) is 19.9. The van der Waals surface area contributed by atoms with E-state index >= 15 is 0 Å². The van der Waals surface area contributed by atoms with Gasteiger partial charge in [0.2, 0.25) is 0 Å². The summed E-state index contributed by atoms with van der Waals surface area (Å²) in [7, 11) is 0. The van der Waals surface area contributed by atoms with E-state index in [-0.39, 0.29) is 5.69 Å². The third-order valence-corrected chi connectivity index (χ3v) is 5.39. The minimum Gasteiger partial charge on any atom is -0.258 e. The first kappa shape index (κ1) is 17.4. The maximum absolute atomic E-state index is 10.9. The molecular formula is C19H17N5O2S. The minimum atomic E-state index is -0.418. The van der Waals surface area contributed by atoms with Crippen molar-refractivity contribution in [2.24, 2.45) is 5.92 Å². The topological polar surface area (TPSA) is 86.2 Å². The Morgan fingerprint density at radius 1 is 1.11 bits per heavy atom. The van der Waals surface area contributed by atoms with Gasteiger partial charge in [0.1, 0.15) is 0 Å². The van der Waals surface area contributed by atoms with Crippen molar-refractivity contribution in [1.29, 1.82) is 0 Å². The van der Waals surface area contributed by atoms with Crippen molar-refractivity contribution in [2.75, 3.05) is 5.75 Å². The van der Waals surface area contributed by atoms with E-state index in [1.165, 1.54) is 12.1 Å². The number of benzene rings is 2. The number of nitrogens with zero attached hydrogens (tertiary/aromatic N) is 5.